The third-order valence-electron chi connectivity index (χ3n) is 2.56. The minimum absolute atomic E-state index is 0. The summed E-state index contributed by atoms with van der Waals surface area (Å²) in [6, 6.07) is 3.93. The molecule has 1 aromatic rings. The zero-order chi connectivity index (χ0) is 14.6. The molecule has 21 heavy (non-hydrogen) atoms. The van der Waals surface area contributed by atoms with Gasteiger partial charge in [0.2, 0.25) is 5.88 Å². The monoisotopic (exact) mass is 424 g/mol. The van der Waals surface area contributed by atoms with E-state index in [1.54, 1.807) is 25.0 Å². The molecule has 120 valence electrons. The van der Waals surface area contributed by atoms with Crippen LogP contribution in [0, 0.1) is 0 Å². The Hall–Kier alpha value is -0.700. The number of ether oxygens (including phenoxy) is 1. The van der Waals surface area contributed by atoms with Crippen LogP contribution in [0.2, 0.25) is 0 Å². The van der Waals surface area contributed by atoms with E-state index in [2.05, 4.69) is 33.8 Å². The van der Waals surface area contributed by atoms with Crippen molar-refractivity contribution in [3.05, 3.63) is 23.9 Å². The van der Waals surface area contributed by atoms with Crippen LogP contribution >= 0.6 is 35.7 Å². The average molecular weight is 424 g/mol. The van der Waals surface area contributed by atoms with Gasteiger partial charge in [-0.1, -0.05) is 13.0 Å². The first-order valence-corrected chi connectivity index (χ1v) is 8.21. The highest BCUT2D eigenvalue weighted by molar-refractivity contribution is 14.0. The summed E-state index contributed by atoms with van der Waals surface area (Å²) in [7, 11) is 1.77. The Morgan fingerprint density at radius 3 is 2.90 bits per heavy atom. The van der Waals surface area contributed by atoms with Crippen molar-refractivity contribution in [2.45, 2.75) is 19.9 Å². The summed E-state index contributed by atoms with van der Waals surface area (Å²) in [5, 5.41) is 6.53. The second kappa shape index (κ2) is 13.0. The summed E-state index contributed by atoms with van der Waals surface area (Å²) < 4.78 is 5.64. The van der Waals surface area contributed by atoms with Gasteiger partial charge in [0.1, 0.15) is 0 Å². The highest BCUT2D eigenvalue weighted by atomic mass is 127. The van der Waals surface area contributed by atoms with E-state index in [1.807, 2.05) is 12.1 Å². The summed E-state index contributed by atoms with van der Waals surface area (Å²) in [6.07, 6.45) is 4.81. The Morgan fingerprint density at radius 1 is 1.43 bits per heavy atom. The van der Waals surface area contributed by atoms with Crippen molar-refractivity contribution >= 4 is 41.7 Å². The van der Waals surface area contributed by atoms with Gasteiger partial charge in [0.25, 0.3) is 0 Å². The molecule has 1 aromatic heterocycles. The standard InChI is InChI=1S/C14H24N4OS.HI/c1-4-9-19-13-12(6-5-7-16-13)11-18-14(15-2)17-8-10-20-3;/h5-7H,4,8-11H2,1-3H3,(H2,15,17,18);1H. The smallest absolute Gasteiger partial charge is 0.218 e. The predicted octanol–water partition coefficient (Wildman–Crippen LogP) is 2.52. The molecule has 0 aliphatic carbocycles. The quantitative estimate of drug-likeness (QED) is 0.291. The predicted molar refractivity (Wildman–Crippen MR) is 102 cm³/mol. The summed E-state index contributed by atoms with van der Waals surface area (Å²) in [5.41, 5.74) is 1.04. The molecule has 0 saturated heterocycles. The summed E-state index contributed by atoms with van der Waals surface area (Å²) in [6.45, 7) is 4.31. The van der Waals surface area contributed by atoms with Crippen LogP contribution < -0.4 is 15.4 Å². The number of hydrogen-bond donors (Lipinski definition) is 2. The molecule has 2 N–H and O–H groups in total. The van der Waals surface area contributed by atoms with Gasteiger partial charge in [-0.3, -0.25) is 4.99 Å². The second-order valence-corrected chi connectivity index (χ2v) is 5.15. The Balaban J connectivity index is 0.00000400. The van der Waals surface area contributed by atoms with E-state index in [1.165, 1.54) is 0 Å². The summed E-state index contributed by atoms with van der Waals surface area (Å²) in [4.78, 5) is 8.46. The van der Waals surface area contributed by atoms with E-state index in [4.69, 9.17) is 4.74 Å². The number of aliphatic imine (C=N–C) groups is 1. The van der Waals surface area contributed by atoms with Gasteiger partial charge in [-0.2, -0.15) is 11.8 Å². The van der Waals surface area contributed by atoms with Gasteiger partial charge in [-0.15, -0.1) is 24.0 Å². The first kappa shape index (κ1) is 20.3. The maximum Gasteiger partial charge on any atom is 0.218 e. The molecule has 0 unspecified atom stereocenters. The van der Waals surface area contributed by atoms with E-state index in [0.717, 1.165) is 30.2 Å². The van der Waals surface area contributed by atoms with E-state index in [9.17, 15) is 0 Å². The topological polar surface area (TPSA) is 58.5 Å². The summed E-state index contributed by atoms with van der Waals surface area (Å²) >= 11 is 1.80. The lowest BCUT2D eigenvalue weighted by atomic mass is 10.2. The van der Waals surface area contributed by atoms with Crippen LogP contribution in [0.4, 0.5) is 0 Å². The zero-order valence-corrected chi connectivity index (χ0v) is 16.0. The van der Waals surface area contributed by atoms with Crippen LogP contribution in [-0.4, -0.2) is 43.2 Å². The zero-order valence-electron chi connectivity index (χ0n) is 12.9. The number of halogens is 1. The van der Waals surface area contributed by atoms with Crippen molar-refractivity contribution in [3.63, 3.8) is 0 Å². The molecule has 0 spiro atoms. The van der Waals surface area contributed by atoms with Crippen LogP contribution in [0.25, 0.3) is 0 Å². The van der Waals surface area contributed by atoms with Crippen LogP contribution in [-0.2, 0) is 6.54 Å². The number of aromatic nitrogens is 1. The molecule has 0 aliphatic heterocycles. The van der Waals surface area contributed by atoms with E-state index >= 15 is 0 Å². The van der Waals surface area contributed by atoms with Crippen LogP contribution in [0.15, 0.2) is 23.3 Å². The molecule has 7 heteroatoms. The number of hydrogen-bond acceptors (Lipinski definition) is 4. The van der Waals surface area contributed by atoms with Gasteiger partial charge in [0.05, 0.1) is 6.61 Å². The maximum absolute atomic E-state index is 5.64. The summed E-state index contributed by atoms with van der Waals surface area (Å²) in [5.74, 6) is 2.55. The number of nitrogens with one attached hydrogen (secondary N) is 2. The van der Waals surface area contributed by atoms with Crippen LogP contribution in [0.3, 0.4) is 0 Å². The molecular weight excluding hydrogens is 399 g/mol. The normalized spacial score (nSPS) is 10.7. The van der Waals surface area contributed by atoms with Crippen molar-refractivity contribution in [1.29, 1.82) is 0 Å². The molecular formula is C14H25IN4OS. The van der Waals surface area contributed by atoms with E-state index in [-0.39, 0.29) is 24.0 Å². The Labute approximate surface area is 148 Å². The van der Waals surface area contributed by atoms with Gasteiger partial charge in [0.15, 0.2) is 5.96 Å². The van der Waals surface area contributed by atoms with Gasteiger partial charge in [0, 0.05) is 37.7 Å². The molecule has 1 heterocycles. The first-order chi connectivity index (χ1) is 9.81. The van der Waals surface area contributed by atoms with Gasteiger partial charge in [-0.05, 0) is 18.7 Å². The molecule has 0 amide bonds. The van der Waals surface area contributed by atoms with Crippen molar-refractivity contribution in [1.82, 2.24) is 15.6 Å². The molecule has 0 fully saturated rings. The van der Waals surface area contributed by atoms with Crippen LogP contribution in [0.5, 0.6) is 5.88 Å². The second-order valence-electron chi connectivity index (χ2n) is 4.16. The number of guanidine groups is 1. The molecule has 5 nitrogen and oxygen atoms in total. The molecule has 0 atom stereocenters. The van der Waals surface area contributed by atoms with Gasteiger partial charge < -0.3 is 15.4 Å². The van der Waals surface area contributed by atoms with Crippen molar-refractivity contribution in [3.8, 4) is 5.88 Å². The molecule has 0 aromatic carbocycles. The number of rotatable bonds is 8. The highest BCUT2D eigenvalue weighted by Gasteiger charge is 2.05. The maximum atomic E-state index is 5.64. The molecule has 1 rings (SSSR count). The van der Waals surface area contributed by atoms with Crippen LogP contribution in [0.1, 0.15) is 18.9 Å². The highest BCUT2D eigenvalue weighted by Crippen LogP contribution is 2.13. The largest absolute Gasteiger partial charge is 0.477 e. The average Bonchev–Trinajstić information content (AvgIpc) is 2.49. The minimum Gasteiger partial charge on any atom is -0.477 e. The van der Waals surface area contributed by atoms with E-state index in [0.29, 0.717) is 19.0 Å². The molecule has 0 aliphatic rings. The fourth-order valence-corrected chi connectivity index (χ4v) is 1.86. The SMILES string of the molecule is CCCOc1ncccc1CNC(=NC)NCCSC.I. The Morgan fingerprint density at radius 2 is 2.24 bits per heavy atom. The Kier molecular flexibility index (Phi) is 12.6. The van der Waals surface area contributed by atoms with E-state index < -0.39 is 0 Å². The molecule has 0 saturated carbocycles. The van der Waals surface area contributed by atoms with Gasteiger partial charge >= 0.3 is 0 Å². The van der Waals surface area contributed by atoms with Gasteiger partial charge in [-0.25, -0.2) is 4.98 Å². The van der Waals surface area contributed by atoms with Crippen molar-refractivity contribution in [2.24, 2.45) is 4.99 Å². The minimum atomic E-state index is 0. The fourth-order valence-electron chi connectivity index (χ4n) is 1.56. The van der Waals surface area contributed by atoms with Crippen molar-refractivity contribution in [2.75, 3.05) is 32.2 Å². The third kappa shape index (κ3) is 8.35. The lowest BCUT2D eigenvalue weighted by molar-refractivity contribution is 0.301. The fraction of sp³-hybridized carbons (Fsp3) is 0.571. The lowest BCUT2D eigenvalue weighted by Gasteiger charge is -2.13. The number of thioether (sulfide) groups is 1. The van der Waals surface area contributed by atoms with Crippen molar-refractivity contribution < 1.29 is 4.74 Å². The third-order valence-corrected chi connectivity index (χ3v) is 3.17. The molecule has 0 radical (unpaired) electrons. The molecule has 0 bridgehead atoms. The number of nitrogens with zero attached hydrogens (tertiary/aromatic N) is 2. The Bertz CT molecular complexity index is 418. The number of pyridine rings is 1. The lowest BCUT2D eigenvalue weighted by Crippen LogP contribution is -2.38. The first-order valence-electron chi connectivity index (χ1n) is 6.82.